The molecule has 3 aromatic carbocycles. The van der Waals surface area contributed by atoms with E-state index in [4.69, 9.17) is 0 Å². The summed E-state index contributed by atoms with van der Waals surface area (Å²) in [7, 11) is 3.19. The number of nitrogens with one attached hydrogen (secondary N) is 1. The van der Waals surface area contributed by atoms with Crippen molar-refractivity contribution >= 4 is 16.6 Å². The molecule has 37 heavy (non-hydrogen) atoms. The first-order valence-electron chi connectivity index (χ1n) is 12.1. The van der Waals surface area contributed by atoms with Crippen LogP contribution in [0.3, 0.4) is 0 Å². The maximum absolute atomic E-state index is 13.7. The van der Waals surface area contributed by atoms with Gasteiger partial charge in [0.25, 0.3) is 5.56 Å². The highest BCUT2D eigenvalue weighted by Gasteiger charge is 2.35. The number of allylic oxidation sites excluding steroid dienone is 1. The van der Waals surface area contributed by atoms with E-state index in [0.29, 0.717) is 28.6 Å². The summed E-state index contributed by atoms with van der Waals surface area (Å²) in [5.41, 5.74) is 5.17. The highest BCUT2D eigenvalue weighted by Crippen LogP contribution is 2.47. The van der Waals surface area contributed by atoms with Crippen LogP contribution in [-0.4, -0.2) is 18.8 Å². The number of phenols is 1. The number of hydrogen-bond donors (Lipinski definition) is 2. The molecule has 0 radical (unpaired) electrons. The molecule has 7 heteroatoms. The van der Waals surface area contributed by atoms with Gasteiger partial charge >= 0.3 is 5.69 Å². The second-order valence-corrected chi connectivity index (χ2v) is 9.31. The van der Waals surface area contributed by atoms with Crippen LogP contribution in [0.1, 0.15) is 22.9 Å². The van der Waals surface area contributed by atoms with Crippen LogP contribution in [0, 0.1) is 0 Å². The molecule has 1 aliphatic heterocycles. The van der Waals surface area contributed by atoms with Crippen LogP contribution in [0.5, 0.6) is 5.75 Å². The van der Waals surface area contributed by atoms with Crippen LogP contribution in [-0.2, 0) is 20.5 Å². The first-order chi connectivity index (χ1) is 17.9. The summed E-state index contributed by atoms with van der Waals surface area (Å²) >= 11 is 0. The zero-order chi connectivity index (χ0) is 25.8. The van der Waals surface area contributed by atoms with Crippen molar-refractivity contribution in [2.75, 3.05) is 5.32 Å². The Morgan fingerprint density at radius 2 is 1.68 bits per heavy atom. The maximum atomic E-state index is 13.7. The molecule has 0 spiro atoms. The fourth-order valence-corrected chi connectivity index (χ4v) is 5.49. The zero-order valence-electron chi connectivity index (χ0n) is 20.6. The Morgan fingerprint density at radius 3 is 2.43 bits per heavy atom. The van der Waals surface area contributed by atoms with Gasteiger partial charge in [0, 0.05) is 19.7 Å². The molecule has 2 aromatic heterocycles. The molecular weight excluding hydrogens is 464 g/mol. The lowest BCUT2D eigenvalue weighted by atomic mass is 9.95. The van der Waals surface area contributed by atoms with Gasteiger partial charge in [-0.05, 0) is 29.7 Å². The van der Waals surface area contributed by atoms with Crippen molar-refractivity contribution in [1.82, 2.24) is 13.7 Å². The SMILES string of the molecule is C=CCc1cccc([C@@H]2Nc3ccccc3-n3c(-c4ccccc4)c4c(=O)n(C)c(=O)n(C)c4c32)c1O. The molecule has 3 heterocycles. The van der Waals surface area contributed by atoms with E-state index < -0.39 is 11.7 Å². The first kappa shape index (κ1) is 22.7. The fourth-order valence-electron chi connectivity index (χ4n) is 5.49. The summed E-state index contributed by atoms with van der Waals surface area (Å²) in [6.45, 7) is 3.82. The average Bonchev–Trinajstić information content (AvgIpc) is 3.29. The largest absolute Gasteiger partial charge is 0.507 e. The van der Waals surface area contributed by atoms with E-state index in [1.807, 2.05) is 72.8 Å². The van der Waals surface area contributed by atoms with Gasteiger partial charge in [-0.25, -0.2) is 4.79 Å². The van der Waals surface area contributed by atoms with E-state index in [1.165, 1.54) is 11.6 Å². The average molecular weight is 491 g/mol. The number of para-hydroxylation sites is 3. The minimum atomic E-state index is -0.530. The first-order valence-corrected chi connectivity index (χ1v) is 12.1. The highest BCUT2D eigenvalue weighted by atomic mass is 16.3. The van der Waals surface area contributed by atoms with Gasteiger partial charge < -0.3 is 15.0 Å². The third-order valence-electron chi connectivity index (χ3n) is 7.20. The zero-order valence-corrected chi connectivity index (χ0v) is 20.6. The van der Waals surface area contributed by atoms with Gasteiger partial charge in [0.2, 0.25) is 0 Å². The fraction of sp³-hybridized carbons (Fsp3) is 0.133. The van der Waals surface area contributed by atoms with Crippen molar-refractivity contribution in [3.8, 4) is 22.7 Å². The van der Waals surface area contributed by atoms with E-state index in [0.717, 1.165) is 32.8 Å². The lowest BCUT2D eigenvalue weighted by Gasteiger charge is -2.31. The second-order valence-electron chi connectivity index (χ2n) is 9.31. The van der Waals surface area contributed by atoms with Crippen LogP contribution < -0.4 is 16.6 Å². The number of phenolic OH excluding ortho intramolecular Hbond substituents is 1. The third-order valence-corrected chi connectivity index (χ3v) is 7.20. The molecule has 0 saturated carbocycles. The Morgan fingerprint density at radius 1 is 0.946 bits per heavy atom. The second kappa shape index (κ2) is 8.41. The van der Waals surface area contributed by atoms with Gasteiger partial charge in [0.1, 0.15) is 5.75 Å². The van der Waals surface area contributed by atoms with Gasteiger partial charge in [0.05, 0.1) is 39.7 Å². The van der Waals surface area contributed by atoms with E-state index >= 15 is 0 Å². The van der Waals surface area contributed by atoms with Gasteiger partial charge in [0.15, 0.2) is 0 Å². The number of aromatic hydroxyl groups is 1. The molecule has 0 amide bonds. The van der Waals surface area contributed by atoms with Crippen molar-refractivity contribution in [2.45, 2.75) is 12.5 Å². The van der Waals surface area contributed by atoms with Crippen molar-refractivity contribution in [2.24, 2.45) is 14.1 Å². The highest BCUT2D eigenvalue weighted by molar-refractivity contribution is 5.99. The minimum absolute atomic E-state index is 0.162. The molecule has 1 aliphatic rings. The van der Waals surface area contributed by atoms with E-state index in [1.54, 1.807) is 13.1 Å². The molecule has 6 rings (SSSR count). The molecule has 0 bridgehead atoms. The van der Waals surface area contributed by atoms with Gasteiger partial charge in [-0.1, -0.05) is 66.7 Å². The van der Waals surface area contributed by atoms with E-state index in [9.17, 15) is 14.7 Å². The Bertz CT molecular complexity index is 1830. The molecule has 5 aromatic rings. The van der Waals surface area contributed by atoms with E-state index in [2.05, 4.69) is 16.5 Å². The standard InChI is InChI=1S/C30H26N4O3/c1-4-11-19-14-10-15-20(28(19)35)24-27-26-23(29(36)33(3)30(37)32(26)2)25(18-12-6-5-7-13-18)34(27)22-17-9-8-16-21(22)31-24/h4-10,12-17,24,31,35H,1,11H2,2-3H3/t24-/m0/s1. The lowest BCUT2D eigenvalue weighted by molar-refractivity contribution is 0.460. The van der Waals surface area contributed by atoms with Gasteiger partial charge in [-0.3, -0.25) is 13.9 Å². The summed E-state index contributed by atoms with van der Waals surface area (Å²) in [6, 6.07) is 22.7. The van der Waals surface area contributed by atoms with Crippen molar-refractivity contribution in [3.63, 3.8) is 0 Å². The van der Waals surface area contributed by atoms with Crippen LogP contribution in [0.4, 0.5) is 5.69 Å². The summed E-state index contributed by atoms with van der Waals surface area (Å²) in [5, 5.41) is 15.4. The van der Waals surface area contributed by atoms with Crippen molar-refractivity contribution in [3.05, 3.63) is 123 Å². The molecule has 0 saturated heterocycles. The smallest absolute Gasteiger partial charge is 0.331 e. The number of benzene rings is 3. The molecular formula is C30H26N4O3. The van der Waals surface area contributed by atoms with Crippen LogP contribution >= 0.6 is 0 Å². The third kappa shape index (κ3) is 3.20. The predicted octanol–water partition coefficient (Wildman–Crippen LogP) is 4.64. The Kier molecular flexibility index (Phi) is 5.15. The number of hydrogen-bond acceptors (Lipinski definition) is 4. The molecule has 184 valence electrons. The Labute approximate surface area is 213 Å². The number of anilines is 1. The number of fused-ring (bicyclic) bond motifs is 5. The predicted molar refractivity (Wildman–Crippen MR) is 147 cm³/mol. The molecule has 7 nitrogen and oxygen atoms in total. The molecule has 2 N–H and O–H groups in total. The topological polar surface area (TPSA) is 81.2 Å². The number of rotatable bonds is 4. The molecule has 0 unspecified atom stereocenters. The minimum Gasteiger partial charge on any atom is -0.507 e. The Balaban J connectivity index is 1.84. The van der Waals surface area contributed by atoms with Gasteiger partial charge in [-0.2, -0.15) is 0 Å². The molecule has 0 aliphatic carbocycles. The van der Waals surface area contributed by atoms with Gasteiger partial charge in [-0.15, -0.1) is 6.58 Å². The number of nitrogens with zero attached hydrogens (tertiary/aromatic N) is 3. The summed E-state index contributed by atoms with van der Waals surface area (Å²) < 4.78 is 4.75. The summed E-state index contributed by atoms with van der Waals surface area (Å²) in [4.78, 5) is 26.9. The quantitative estimate of drug-likeness (QED) is 0.360. The molecule has 0 fully saturated rings. The maximum Gasteiger partial charge on any atom is 0.331 e. The summed E-state index contributed by atoms with van der Waals surface area (Å²) in [5.74, 6) is 0.162. The normalized spacial score (nSPS) is 14.2. The van der Waals surface area contributed by atoms with Crippen LogP contribution in [0.25, 0.3) is 27.8 Å². The van der Waals surface area contributed by atoms with Crippen LogP contribution in [0.2, 0.25) is 0 Å². The van der Waals surface area contributed by atoms with Crippen LogP contribution in [0.15, 0.2) is 95.0 Å². The van der Waals surface area contributed by atoms with Crippen molar-refractivity contribution in [1.29, 1.82) is 0 Å². The number of aromatic nitrogens is 3. The van der Waals surface area contributed by atoms with E-state index in [-0.39, 0.29) is 11.3 Å². The van der Waals surface area contributed by atoms with Crippen molar-refractivity contribution < 1.29 is 5.11 Å². The monoisotopic (exact) mass is 490 g/mol. The lowest BCUT2D eigenvalue weighted by Crippen LogP contribution is -2.37. The molecule has 1 atom stereocenters. The summed E-state index contributed by atoms with van der Waals surface area (Å²) in [6.07, 6.45) is 2.26. The Hall–Kier alpha value is -4.78. The number of aryl methyl sites for hydroxylation is 1.